The highest BCUT2D eigenvalue weighted by Gasteiger charge is 2.27. The van der Waals surface area contributed by atoms with Gasteiger partial charge in [-0.25, -0.2) is 33.1 Å². The number of anilines is 1. The fourth-order valence-corrected chi connectivity index (χ4v) is 3.49. The number of piperazine rings is 1. The summed E-state index contributed by atoms with van der Waals surface area (Å²) >= 11 is 0. The molecule has 0 atom stereocenters. The summed E-state index contributed by atoms with van der Waals surface area (Å²) in [7, 11) is 0. The highest BCUT2D eigenvalue weighted by molar-refractivity contribution is 5.76. The van der Waals surface area contributed by atoms with Crippen molar-refractivity contribution in [3.05, 3.63) is 68.3 Å². The largest absolute Gasteiger partial charge is 0.424 e. The van der Waals surface area contributed by atoms with E-state index in [9.17, 15) is 24.4 Å². The zero-order chi connectivity index (χ0) is 23.4. The molecule has 2 aromatic rings. The van der Waals surface area contributed by atoms with Crippen LogP contribution in [0.5, 0.6) is 0 Å². The van der Waals surface area contributed by atoms with Crippen LogP contribution in [0.3, 0.4) is 0 Å². The summed E-state index contributed by atoms with van der Waals surface area (Å²) in [4.78, 5) is 58.0. The highest BCUT2D eigenvalue weighted by Crippen LogP contribution is 2.22. The zero-order valence-electron chi connectivity index (χ0n) is 17.7. The Labute approximate surface area is 182 Å². The van der Waals surface area contributed by atoms with Gasteiger partial charge in [0.05, 0.1) is 13.1 Å². The molecule has 2 aromatic heterocycles. The average Bonchev–Trinajstić information content (AvgIpc) is 3.18. The van der Waals surface area contributed by atoms with Gasteiger partial charge in [-0.1, -0.05) is 12.2 Å². The van der Waals surface area contributed by atoms with E-state index in [4.69, 9.17) is 4.42 Å². The summed E-state index contributed by atoms with van der Waals surface area (Å²) in [6.07, 6.45) is 2.72. The molecule has 0 N–H and O–H groups in total. The fourth-order valence-electron chi connectivity index (χ4n) is 3.49. The number of nitriles is 1. The number of hydrogen-bond donors (Lipinski definition) is 0. The second-order valence-electron chi connectivity index (χ2n) is 7.10. The van der Waals surface area contributed by atoms with Crippen molar-refractivity contribution in [1.82, 2.24) is 23.6 Å². The molecule has 0 spiro atoms. The van der Waals surface area contributed by atoms with Crippen LogP contribution in [0.4, 0.5) is 5.88 Å². The monoisotopic (exact) mass is 441 g/mol. The first-order valence-corrected chi connectivity index (χ1v) is 9.88. The number of allylic oxidation sites excluding steroid dienone is 2. The van der Waals surface area contributed by atoms with E-state index in [2.05, 4.69) is 18.1 Å². The minimum atomic E-state index is -0.872. The quantitative estimate of drug-likeness (QED) is 0.502. The molecule has 1 aliphatic heterocycles. The average molecular weight is 441 g/mol. The molecule has 1 fully saturated rings. The Morgan fingerprint density at radius 2 is 1.56 bits per heavy atom. The van der Waals surface area contributed by atoms with Gasteiger partial charge < -0.3 is 14.2 Å². The van der Waals surface area contributed by atoms with Gasteiger partial charge in [0.25, 0.3) is 0 Å². The molecule has 0 radical (unpaired) electrons. The van der Waals surface area contributed by atoms with Crippen LogP contribution in [0.2, 0.25) is 0 Å². The molecule has 12 nitrogen and oxygen atoms in total. The lowest BCUT2D eigenvalue weighted by Crippen LogP contribution is -2.56. The molecule has 0 unspecified atom stereocenters. The number of oxazole rings is 1. The molecule has 12 heteroatoms. The molecule has 1 aliphatic rings. The topological polar surface area (TPSA) is 139 Å². The number of carbonyl (C=O) groups is 1. The maximum Gasteiger partial charge on any atom is 0.337 e. The molecule has 168 valence electrons. The Balaban J connectivity index is 1.81. The lowest BCUT2D eigenvalue weighted by molar-refractivity contribution is -0.132. The highest BCUT2D eigenvalue weighted by atomic mass is 16.4. The van der Waals surface area contributed by atoms with Gasteiger partial charge in [-0.05, 0) is 0 Å². The van der Waals surface area contributed by atoms with E-state index in [1.54, 1.807) is 6.92 Å². The van der Waals surface area contributed by atoms with Gasteiger partial charge in [0.2, 0.25) is 17.5 Å². The first-order chi connectivity index (χ1) is 15.3. The Hall–Kier alpha value is -4.14. The van der Waals surface area contributed by atoms with Crippen molar-refractivity contribution >= 4 is 11.8 Å². The smallest absolute Gasteiger partial charge is 0.337 e. The third-order valence-corrected chi connectivity index (χ3v) is 5.04. The maximum atomic E-state index is 12.8. The van der Waals surface area contributed by atoms with Gasteiger partial charge in [0.1, 0.15) is 12.6 Å². The zero-order valence-corrected chi connectivity index (χ0v) is 17.7. The Morgan fingerprint density at radius 3 is 2.06 bits per heavy atom. The molecular formula is C20H23N7O5. The standard InChI is InChI=1S/C20H23N7O5/c1-4-6-25-18(29)26(7-5-2)20(31)27(19(25)30)13-16(28)23-8-10-24(11-9-23)17-15(12-21)22-14(3)32-17/h4-5H,1-2,6-11,13H2,3H3. The van der Waals surface area contributed by atoms with Crippen molar-refractivity contribution in [3.63, 3.8) is 0 Å². The van der Waals surface area contributed by atoms with E-state index >= 15 is 0 Å². The van der Waals surface area contributed by atoms with Crippen LogP contribution in [0.15, 0.2) is 44.1 Å². The Bertz CT molecular complexity index is 1220. The van der Waals surface area contributed by atoms with E-state index in [-0.39, 0.29) is 18.8 Å². The molecule has 3 rings (SSSR count). The number of amides is 1. The number of carbonyl (C=O) groups excluding carboxylic acids is 1. The number of aromatic nitrogens is 4. The molecule has 3 heterocycles. The maximum absolute atomic E-state index is 12.8. The third kappa shape index (κ3) is 4.18. The van der Waals surface area contributed by atoms with E-state index in [0.717, 1.165) is 13.7 Å². The van der Waals surface area contributed by atoms with Gasteiger partial charge in [0, 0.05) is 33.1 Å². The normalized spacial score (nSPS) is 13.6. The van der Waals surface area contributed by atoms with Gasteiger partial charge in [-0.2, -0.15) is 5.26 Å². The molecule has 1 amide bonds. The summed E-state index contributed by atoms with van der Waals surface area (Å²) < 4.78 is 7.94. The SMILES string of the molecule is C=CCn1c(=O)n(CC=C)c(=O)n(CC(=O)N2CCN(c3oc(C)nc3C#N)CC2)c1=O. The number of rotatable bonds is 7. The van der Waals surface area contributed by atoms with Crippen molar-refractivity contribution in [2.24, 2.45) is 0 Å². The van der Waals surface area contributed by atoms with E-state index in [1.807, 2.05) is 11.0 Å². The van der Waals surface area contributed by atoms with Crippen molar-refractivity contribution in [2.75, 3.05) is 31.1 Å². The predicted molar refractivity (Wildman–Crippen MR) is 114 cm³/mol. The van der Waals surface area contributed by atoms with Crippen molar-refractivity contribution < 1.29 is 9.21 Å². The summed E-state index contributed by atoms with van der Waals surface area (Å²) in [5.41, 5.74) is -2.35. The first-order valence-electron chi connectivity index (χ1n) is 9.88. The minimum absolute atomic E-state index is 0.0974. The van der Waals surface area contributed by atoms with Crippen LogP contribution >= 0.6 is 0 Å². The summed E-state index contributed by atoms with van der Waals surface area (Å²) in [6, 6.07) is 1.98. The summed E-state index contributed by atoms with van der Waals surface area (Å²) in [5.74, 6) is 0.295. The molecule has 0 saturated carbocycles. The molecule has 0 aromatic carbocycles. The van der Waals surface area contributed by atoms with Gasteiger partial charge in [-0.3, -0.25) is 4.79 Å². The van der Waals surface area contributed by atoms with Crippen LogP contribution in [0.25, 0.3) is 0 Å². The van der Waals surface area contributed by atoms with Crippen molar-refractivity contribution in [2.45, 2.75) is 26.6 Å². The Kier molecular flexibility index (Phi) is 6.58. The van der Waals surface area contributed by atoms with Crippen LogP contribution in [-0.4, -0.2) is 55.7 Å². The van der Waals surface area contributed by atoms with E-state index in [0.29, 0.717) is 38.0 Å². The lowest BCUT2D eigenvalue weighted by Gasteiger charge is -2.34. The van der Waals surface area contributed by atoms with Crippen LogP contribution in [0.1, 0.15) is 11.6 Å². The van der Waals surface area contributed by atoms with Gasteiger partial charge in [0.15, 0.2) is 5.89 Å². The lowest BCUT2D eigenvalue weighted by atomic mass is 10.3. The van der Waals surface area contributed by atoms with Crippen LogP contribution in [-0.2, 0) is 24.4 Å². The van der Waals surface area contributed by atoms with Gasteiger partial charge in [-0.15, -0.1) is 13.2 Å². The second-order valence-corrected chi connectivity index (χ2v) is 7.10. The van der Waals surface area contributed by atoms with Crippen molar-refractivity contribution in [1.29, 1.82) is 5.26 Å². The molecule has 1 saturated heterocycles. The molecule has 0 aliphatic carbocycles. The molecule has 32 heavy (non-hydrogen) atoms. The third-order valence-electron chi connectivity index (χ3n) is 5.04. The number of aryl methyl sites for hydroxylation is 1. The molecule has 0 bridgehead atoms. The van der Waals surface area contributed by atoms with Crippen LogP contribution < -0.4 is 22.0 Å². The first kappa shape index (κ1) is 22.5. The second kappa shape index (κ2) is 9.34. The summed E-state index contributed by atoms with van der Waals surface area (Å²) in [5, 5.41) is 9.20. The van der Waals surface area contributed by atoms with Crippen LogP contribution in [0, 0.1) is 18.3 Å². The van der Waals surface area contributed by atoms with Gasteiger partial charge >= 0.3 is 17.1 Å². The predicted octanol–water partition coefficient (Wildman–Crippen LogP) is -0.939. The minimum Gasteiger partial charge on any atom is -0.424 e. The Morgan fingerprint density at radius 1 is 1.03 bits per heavy atom. The van der Waals surface area contributed by atoms with E-state index < -0.39 is 29.5 Å². The molecular weight excluding hydrogens is 418 g/mol. The van der Waals surface area contributed by atoms with E-state index in [1.165, 1.54) is 17.1 Å². The fraction of sp³-hybridized carbons (Fsp3) is 0.400. The van der Waals surface area contributed by atoms with Crippen molar-refractivity contribution in [3.8, 4) is 6.07 Å². The number of nitrogens with zero attached hydrogens (tertiary/aromatic N) is 7. The number of hydrogen-bond acceptors (Lipinski definition) is 8. The summed E-state index contributed by atoms with van der Waals surface area (Å²) in [6.45, 7) is 9.36.